The molecule has 3 aromatic rings. The van der Waals surface area contributed by atoms with E-state index in [1.807, 2.05) is 66.7 Å². The predicted molar refractivity (Wildman–Crippen MR) is 133 cm³/mol. The number of amidine groups is 1. The van der Waals surface area contributed by atoms with Crippen LogP contribution >= 0.6 is 23.4 Å². The van der Waals surface area contributed by atoms with Crippen LogP contribution < -0.4 is 4.74 Å². The minimum Gasteiger partial charge on any atom is -0.489 e. The second-order valence-corrected chi connectivity index (χ2v) is 8.75. The van der Waals surface area contributed by atoms with Crippen molar-refractivity contribution in [3.05, 3.63) is 99.4 Å². The van der Waals surface area contributed by atoms with E-state index in [-0.39, 0.29) is 5.91 Å². The smallest absolute Gasteiger partial charge is 0.266 e. The number of halogens is 1. The summed E-state index contributed by atoms with van der Waals surface area (Å²) in [5, 5.41) is 1.36. The van der Waals surface area contributed by atoms with Crippen LogP contribution in [0.2, 0.25) is 5.02 Å². The lowest BCUT2D eigenvalue weighted by atomic mass is 10.2. The summed E-state index contributed by atoms with van der Waals surface area (Å²) in [4.78, 5) is 19.6. The number of aryl methyl sites for hydroxylation is 1. The molecule has 1 fully saturated rings. The highest BCUT2D eigenvalue weighted by Gasteiger charge is 2.30. The van der Waals surface area contributed by atoms with Crippen LogP contribution in [0.1, 0.15) is 23.6 Å². The quantitative estimate of drug-likeness (QED) is 0.382. The topological polar surface area (TPSA) is 41.9 Å². The van der Waals surface area contributed by atoms with Gasteiger partial charge in [-0.1, -0.05) is 61.0 Å². The zero-order valence-corrected chi connectivity index (χ0v) is 19.5. The van der Waals surface area contributed by atoms with Crippen LogP contribution in [0.3, 0.4) is 0 Å². The Labute approximate surface area is 197 Å². The third kappa shape index (κ3) is 5.23. The van der Waals surface area contributed by atoms with Crippen LogP contribution in [0.4, 0.5) is 5.69 Å². The van der Waals surface area contributed by atoms with Crippen molar-refractivity contribution in [2.45, 2.75) is 20.0 Å². The average Bonchev–Trinajstić information content (AvgIpc) is 3.07. The lowest BCUT2D eigenvalue weighted by molar-refractivity contribution is -0.121. The van der Waals surface area contributed by atoms with Crippen molar-refractivity contribution in [3.63, 3.8) is 0 Å². The molecular formula is C26H23ClN2O2S. The van der Waals surface area contributed by atoms with Gasteiger partial charge in [0.2, 0.25) is 0 Å². The Morgan fingerprint density at radius 1 is 1.03 bits per heavy atom. The highest BCUT2D eigenvalue weighted by Crippen LogP contribution is 2.33. The van der Waals surface area contributed by atoms with Crippen molar-refractivity contribution in [2.24, 2.45) is 4.99 Å². The van der Waals surface area contributed by atoms with Gasteiger partial charge in [-0.2, -0.15) is 0 Å². The van der Waals surface area contributed by atoms with Gasteiger partial charge in [0.15, 0.2) is 5.17 Å². The zero-order chi connectivity index (χ0) is 22.5. The number of nitrogens with zero attached hydrogens (tertiary/aromatic N) is 2. The highest BCUT2D eigenvalue weighted by molar-refractivity contribution is 8.18. The minimum atomic E-state index is -0.0574. The van der Waals surface area contributed by atoms with E-state index in [0.29, 0.717) is 21.7 Å². The number of likely N-dealkylation sites (N-methyl/N-ethyl adjacent to an activating group) is 1. The van der Waals surface area contributed by atoms with Gasteiger partial charge in [-0.25, -0.2) is 4.99 Å². The van der Waals surface area contributed by atoms with Gasteiger partial charge in [-0.15, -0.1) is 0 Å². The van der Waals surface area contributed by atoms with E-state index in [1.165, 1.54) is 17.3 Å². The first kappa shape index (κ1) is 22.2. The zero-order valence-electron chi connectivity index (χ0n) is 17.9. The van der Waals surface area contributed by atoms with Crippen molar-refractivity contribution < 1.29 is 9.53 Å². The number of hydrogen-bond donors (Lipinski definition) is 0. The number of carbonyl (C=O) groups is 1. The molecule has 0 aromatic heterocycles. The number of ether oxygens (including phenoxy) is 1. The van der Waals surface area contributed by atoms with Crippen molar-refractivity contribution in [1.29, 1.82) is 0 Å². The molecule has 4 rings (SSSR count). The minimum absolute atomic E-state index is 0.0574. The normalized spacial score (nSPS) is 16.2. The highest BCUT2D eigenvalue weighted by atomic mass is 35.5. The molecule has 32 heavy (non-hydrogen) atoms. The number of hydrogen-bond acceptors (Lipinski definition) is 4. The molecule has 1 aliphatic heterocycles. The molecule has 1 amide bonds. The van der Waals surface area contributed by atoms with Crippen LogP contribution in [-0.4, -0.2) is 23.0 Å². The number of benzene rings is 3. The van der Waals surface area contributed by atoms with Crippen molar-refractivity contribution in [1.82, 2.24) is 4.90 Å². The number of aliphatic imine (C=N–C) groups is 1. The standard InChI is InChI=1S/C26H23ClN2O2S/c1-3-18-8-12-21(13-9-18)28-26-29(2)25(30)24(32-26)16-19-10-14-22(15-11-19)31-17-20-6-4-5-7-23(20)27/h4-16H,3,17H2,1-2H3/b24-16-,28-26?. The summed E-state index contributed by atoms with van der Waals surface area (Å²) in [7, 11) is 1.75. The maximum absolute atomic E-state index is 12.7. The molecule has 0 radical (unpaired) electrons. The molecule has 0 aliphatic carbocycles. The largest absolute Gasteiger partial charge is 0.489 e. The summed E-state index contributed by atoms with van der Waals surface area (Å²) in [6.45, 7) is 2.52. The van der Waals surface area contributed by atoms with Gasteiger partial charge < -0.3 is 4.74 Å². The Kier molecular flexibility index (Phi) is 6.98. The first-order valence-corrected chi connectivity index (χ1v) is 11.5. The van der Waals surface area contributed by atoms with Gasteiger partial charge in [0.05, 0.1) is 10.6 Å². The van der Waals surface area contributed by atoms with Crippen LogP contribution in [0.5, 0.6) is 5.75 Å². The number of rotatable bonds is 6. The Morgan fingerprint density at radius 2 is 1.75 bits per heavy atom. The molecular weight excluding hydrogens is 440 g/mol. The van der Waals surface area contributed by atoms with Crippen molar-refractivity contribution >= 4 is 46.2 Å². The van der Waals surface area contributed by atoms with Gasteiger partial charge in [-0.3, -0.25) is 9.69 Å². The van der Waals surface area contributed by atoms with Crippen LogP contribution in [0.15, 0.2) is 82.7 Å². The summed E-state index contributed by atoms with van der Waals surface area (Å²) in [6, 6.07) is 23.3. The van der Waals surface area contributed by atoms with Crippen LogP contribution in [0, 0.1) is 0 Å². The molecule has 1 heterocycles. The first-order chi connectivity index (χ1) is 15.5. The lowest BCUT2D eigenvalue weighted by Gasteiger charge is -2.08. The third-order valence-electron chi connectivity index (χ3n) is 5.10. The molecule has 0 atom stereocenters. The predicted octanol–water partition coefficient (Wildman–Crippen LogP) is 6.72. The summed E-state index contributed by atoms with van der Waals surface area (Å²) in [5.41, 5.74) is 3.96. The Balaban J connectivity index is 1.44. The average molecular weight is 463 g/mol. The number of carbonyl (C=O) groups excluding carboxylic acids is 1. The van der Waals surface area contributed by atoms with Crippen LogP contribution in [-0.2, 0) is 17.8 Å². The summed E-state index contributed by atoms with van der Waals surface area (Å²) < 4.78 is 5.83. The van der Waals surface area contributed by atoms with Gasteiger partial charge in [-0.05, 0) is 65.7 Å². The van der Waals surface area contributed by atoms with Gasteiger partial charge >= 0.3 is 0 Å². The number of thioether (sulfide) groups is 1. The first-order valence-electron chi connectivity index (χ1n) is 10.3. The summed E-state index contributed by atoms with van der Waals surface area (Å²) in [6.07, 6.45) is 2.87. The molecule has 0 N–H and O–H groups in total. The molecule has 0 spiro atoms. The van der Waals surface area contributed by atoms with E-state index >= 15 is 0 Å². The third-order valence-corrected chi connectivity index (χ3v) is 6.53. The van der Waals surface area contributed by atoms with E-state index in [9.17, 15) is 4.79 Å². The second kappa shape index (κ2) is 10.1. The molecule has 162 valence electrons. The molecule has 3 aromatic carbocycles. The van der Waals surface area contributed by atoms with Gasteiger partial charge in [0, 0.05) is 17.6 Å². The Hall–Kier alpha value is -3.02. The Bertz CT molecular complexity index is 1170. The van der Waals surface area contributed by atoms with E-state index in [2.05, 4.69) is 24.0 Å². The lowest BCUT2D eigenvalue weighted by Crippen LogP contribution is -2.23. The monoisotopic (exact) mass is 462 g/mol. The summed E-state index contributed by atoms with van der Waals surface area (Å²) >= 11 is 7.56. The fourth-order valence-corrected chi connectivity index (χ4v) is 4.33. The fraction of sp³-hybridized carbons (Fsp3) is 0.154. The maximum Gasteiger partial charge on any atom is 0.266 e. The van der Waals surface area contributed by atoms with Gasteiger partial charge in [0.1, 0.15) is 12.4 Å². The van der Waals surface area contributed by atoms with E-state index in [1.54, 1.807) is 11.9 Å². The van der Waals surface area contributed by atoms with Crippen molar-refractivity contribution in [2.75, 3.05) is 7.05 Å². The molecule has 0 saturated carbocycles. The molecule has 4 nitrogen and oxygen atoms in total. The Morgan fingerprint density at radius 3 is 2.44 bits per heavy atom. The van der Waals surface area contributed by atoms with E-state index in [0.717, 1.165) is 29.0 Å². The molecule has 0 unspecified atom stereocenters. The molecule has 1 saturated heterocycles. The number of amides is 1. The maximum atomic E-state index is 12.7. The molecule has 1 aliphatic rings. The van der Waals surface area contributed by atoms with E-state index in [4.69, 9.17) is 16.3 Å². The van der Waals surface area contributed by atoms with E-state index < -0.39 is 0 Å². The molecule has 6 heteroatoms. The van der Waals surface area contributed by atoms with Crippen molar-refractivity contribution in [3.8, 4) is 5.75 Å². The molecule has 0 bridgehead atoms. The van der Waals surface area contributed by atoms with Crippen LogP contribution in [0.25, 0.3) is 6.08 Å². The SMILES string of the molecule is CCc1ccc(N=C2S/C(=C\c3ccc(OCc4ccccc4Cl)cc3)C(=O)N2C)cc1. The fourth-order valence-electron chi connectivity index (χ4n) is 3.16. The summed E-state index contributed by atoms with van der Waals surface area (Å²) in [5.74, 6) is 0.686. The van der Waals surface area contributed by atoms with Gasteiger partial charge in [0.25, 0.3) is 5.91 Å². The second-order valence-electron chi connectivity index (χ2n) is 7.34.